The van der Waals surface area contributed by atoms with Gasteiger partial charge in [0.15, 0.2) is 0 Å². The van der Waals surface area contributed by atoms with Crippen LogP contribution in [-0.4, -0.2) is 15.0 Å². The van der Waals surface area contributed by atoms with Crippen LogP contribution in [0.15, 0.2) is 22.8 Å². The molecule has 0 saturated carbocycles. The third kappa shape index (κ3) is 3.20. The molecule has 1 aromatic carbocycles. The predicted octanol–water partition coefficient (Wildman–Crippen LogP) is 4.21. The Bertz CT molecular complexity index is 586. The Balaban J connectivity index is 2.27. The van der Waals surface area contributed by atoms with E-state index in [0.29, 0.717) is 0 Å². The number of benzene rings is 1. The van der Waals surface area contributed by atoms with E-state index in [0.717, 1.165) is 12.1 Å². The molecular weight excluding hydrogens is 384 g/mol. The zero-order valence-corrected chi connectivity index (χ0v) is 13.2. The molecule has 0 amide bonds. The Morgan fingerprint density at radius 3 is 2.79 bits per heavy atom. The maximum atomic E-state index is 13.8. The van der Waals surface area contributed by atoms with Crippen LogP contribution >= 0.6 is 31.9 Å². The average Bonchev–Trinajstić information content (AvgIpc) is 2.87. The molecular formula is C12H11Br2F2N3. The summed E-state index contributed by atoms with van der Waals surface area (Å²) in [6, 6.07) is 2.56. The SMILES string of the molecule is CCC(Br)c1cn(Cc2c(F)ccc(Br)c2F)nn1. The molecule has 0 aliphatic rings. The van der Waals surface area contributed by atoms with Crippen molar-refractivity contribution in [3.63, 3.8) is 0 Å². The summed E-state index contributed by atoms with van der Waals surface area (Å²) in [4.78, 5) is 0.0958. The number of aromatic nitrogens is 3. The van der Waals surface area contributed by atoms with Crippen LogP contribution in [0, 0.1) is 11.6 Å². The van der Waals surface area contributed by atoms with Crippen LogP contribution in [0.3, 0.4) is 0 Å². The third-order valence-electron chi connectivity index (χ3n) is 2.69. The maximum absolute atomic E-state index is 13.8. The molecule has 0 spiro atoms. The van der Waals surface area contributed by atoms with Gasteiger partial charge >= 0.3 is 0 Å². The lowest BCUT2D eigenvalue weighted by atomic mass is 10.2. The Morgan fingerprint density at radius 1 is 1.37 bits per heavy atom. The second-order valence-corrected chi connectivity index (χ2v) is 6.00. The van der Waals surface area contributed by atoms with Crippen molar-refractivity contribution in [1.29, 1.82) is 0 Å². The molecule has 3 nitrogen and oxygen atoms in total. The average molecular weight is 395 g/mol. The molecule has 2 rings (SSSR count). The second kappa shape index (κ2) is 6.09. The van der Waals surface area contributed by atoms with Crippen LogP contribution in [-0.2, 0) is 6.54 Å². The fourth-order valence-corrected chi connectivity index (χ4v) is 2.20. The molecule has 0 saturated heterocycles. The molecule has 0 aliphatic heterocycles. The molecule has 0 fully saturated rings. The van der Waals surface area contributed by atoms with Gasteiger partial charge in [-0.05, 0) is 34.5 Å². The Hall–Kier alpha value is -0.820. The quantitative estimate of drug-likeness (QED) is 0.574. The van der Waals surface area contributed by atoms with E-state index in [9.17, 15) is 8.78 Å². The lowest BCUT2D eigenvalue weighted by Gasteiger charge is -2.06. The first-order valence-electron chi connectivity index (χ1n) is 5.69. The molecule has 1 heterocycles. The van der Waals surface area contributed by atoms with Crippen molar-refractivity contribution < 1.29 is 8.78 Å². The summed E-state index contributed by atoms with van der Waals surface area (Å²) in [5, 5.41) is 7.85. The standard InChI is InChI=1S/C12H11Br2F2N3/c1-2-8(13)11-6-19(18-17-11)5-7-10(15)4-3-9(14)12(7)16/h3-4,6,8H,2,5H2,1H3. The van der Waals surface area contributed by atoms with E-state index in [4.69, 9.17) is 0 Å². The Kier molecular flexibility index (Phi) is 4.67. The number of nitrogens with zero attached hydrogens (tertiary/aromatic N) is 3. The minimum atomic E-state index is -0.608. The van der Waals surface area contributed by atoms with Crippen LogP contribution in [0.4, 0.5) is 8.78 Å². The van der Waals surface area contributed by atoms with Crippen molar-refractivity contribution in [2.75, 3.05) is 0 Å². The summed E-state index contributed by atoms with van der Waals surface area (Å²) >= 11 is 6.49. The number of hydrogen-bond donors (Lipinski definition) is 0. The first kappa shape index (κ1) is 14.6. The molecule has 7 heteroatoms. The molecule has 1 atom stereocenters. The highest BCUT2D eigenvalue weighted by atomic mass is 79.9. The summed E-state index contributed by atoms with van der Waals surface area (Å²) in [6.45, 7) is 2.01. The number of rotatable bonds is 4. The van der Waals surface area contributed by atoms with Crippen molar-refractivity contribution in [2.45, 2.75) is 24.7 Å². The molecule has 0 radical (unpaired) electrons. The smallest absolute Gasteiger partial charge is 0.145 e. The zero-order chi connectivity index (χ0) is 14.0. The summed E-state index contributed by atoms with van der Waals surface area (Å²) in [5.74, 6) is -1.20. The van der Waals surface area contributed by atoms with Crippen molar-refractivity contribution >= 4 is 31.9 Å². The van der Waals surface area contributed by atoms with Crippen molar-refractivity contribution in [1.82, 2.24) is 15.0 Å². The largest absolute Gasteiger partial charge is 0.248 e. The van der Waals surface area contributed by atoms with Crippen molar-refractivity contribution in [2.24, 2.45) is 0 Å². The van der Waals surface area contributed by atoms with Gasteiger partial charge in [-0.15, -0.1) is 5.10 Å². The summed E-state index contributed by atoms with van der Waals surface area (Å²) in [5.41, 5.74) is 0.715. The van der Waals surface area contributed by atoms with Gasteiger partial charge in [-0.25, -0.2) is 13.5 Å². The highest BCUT2D eigenvalue weighted by Crippen LogP contribution is 2.25. The molecule has 2 aromatic rings. The van der Waals surface area contributed by atoms with E-state index >= 15 is 0 Å². The van der Waals surface area contributed by atoms with Crippen LogP contribution in [0.2, 0.25) is 0 Å². The predicted molar refractivity (Wildman–Crippen MR) is 75.1 cm³/mol. The molecule has 102 valence electrons. The van der Waals surface area contributed by atoms with Gasteiger partial charge in [0.2, 0.25) is 0 Å². The van der Waals surface area contributed by atoms with Gasteiger partial charge in [0.25, 0.3) is 0 Å². The van der Waals surface area contributed by atoms with Crippen LogP contribution in [0.1, 0.15) is 29.4 Å². The van der Waals surface area contributed by atoms with Gasteiger partial charge in [0.05, 0.1) is 21.5 Å². The summed E-state index contributed by atoms with van der Waals surface area (Å²) in [6.07, 6.45) is 2.54. The second-order valence-electron chi connectivity index (χ2n) is 4.04. The molecule has 0 aliphatic carbocycles. The third-order valence-corrected chi connectivity index (χ3v) is 4.42. The van der Waals surface area contributed by atoms with E-state index < -0.39 is 11.6 Å². The molecule has 0 bridgehead atoms. The van der Waals surface area contributed by atoms with E-state index in [1.165, 1.54) is 16.8 Å². The minimum absolute atomic E-state index is 0.00748. The van der Waals surface area contributed by atoms with Crippen LogP contribution < -0.4 is 0 Å². The molecule has 1 aromatic heterocycles. The van der Waals surface area contributed by atoms with Crippen molar-refractivity contribution in [3.8, 4) is 0 Å². The minimum Gasteiger partial charge on any atom is -0.248 e. The maximum Gasteiger partial charge on any atom is 0.145 e. The molecule has 1 unspecified atom stereocenters. The van der Waals surface area contributed by atoms with Gasteiger partial charge in [0.1, 0.15) is 11.6 Å². The first-order chi connectivity index (χ1) is 9.02. The highest BCUT2D eigenvalue weighted by molar-refractivity contribution is 9.10. The van der Waals surface area contributed by atoms with Crippen LogP contribution in [0.5, 0.6) is 0 Å². The lowest BCUT2D eigenvalue weighted by Crippen LogP contribution is -2.06. The lowest BCUT2D eigenvalue weighted by molar-refractivity contribution is 0.524. The fourth-order valence-electron chi connectivity index (χ4n) is 1.62. The number of halogens is 4. The van der Waals surface area contributed by atoms with Gasteiger partial charge < -0.3 is 0 Å². The normalized spacial score (nSPS) is 12.7. The van der Waals surface area contributed by atoms with E-state index in [1.54, 1.807) is 6.20 Å². The van der Waals surface area contributed by atoms with Gasteiger partial charge in [-0.2, -0.15) is 0 Å². The van der Waals surface area contributed by atoms with Gasteiger partial charge in [-0.1, -0.05) is 28.1 Å². The van der Waals surface area contributed by atoms with Crippen LogP contribution in [0.25, 0.3) is 0 Å². The van der Waals surface area contributed by atoms with Gasteiger partial charge in [-0.3, -0.25) is 0 Å². The Morgan fingerprint density at radius 2 is 2.11 bits per heavy atom. The fraction of sp³-hybridized carbons (Fsp3) is 0.333. The first-order valence-corrected chi connectivity index (χ1v) is 7.40. The van der Waals surface area contributed by atoms with E-state index in [1.807, 2.05) is 6.92 Å². The summed E-state index contributed by atoms with van der Waals surface area (Å²) < 4.78 is 29.1. The topological polar surface area (TPSA) is 30.7 Å². The molecule has 0 N–H and O–H groups in total. The summed E-state index contributed by atoms with van der Waals surface area (Å²) in [7, 11) is 0. The van der Waals surface area contributed by atoms with Gasteiger partial charge in [0, 0.05) is 11.8 Å². The van der Waals surface area contributed by atoms with E-state index in [-0.39, 0.29) is 21.4 Å². The van der Waals surface area contributed by atoms with Crippen molar-refractivity contribution in [3.05, 3.63) is 45.7 Å². The zero-order valence-electron chi connectivity index (χ0n) is 10.1. The Labute approximate surface area is 126 Å². The number of hydrogen-bond acceptors (Lipinski definition) is 2. The molecule has 19 heavy (non-hydrogen) atoms. The highest BCUT2D eigenvalue weighted by Gasteiger charge is 2.15. The van der Waals surface area contributed by atoms with E-state index in [2.05, 4.69) is 42.2 Å². The monoisotopic (exact) mass is 393 g/mol. The number of alkyl halides is 1.